The molecule has 0 aromatic heterocycles. The number of fused-ring (bicyclic) bond motifs is 1. The molecule has 1 aliphatic rings. The number of carbonyl (C=O) groups is 1. The number of thioether (sulfide) groups is 1. The van der Waals surface area contributed by atoms with Crippen LogP contribution >= 0.6 is 11.8 Å². The Balaban J connectivity index is 1.81. The molecule has 0 fully saturated rings. The molecule has 1 heterocycles. The lowest BCUT2D eigenvalue weighted by molar-refractivity contribution is 0.102. The summed E-state index contributed by atoms with van der Waals surface area (Å²) in [4.78, 5) is 13.4. The molecule has 0 atom stereocenters. The maximum Gasteiger partial charge on any atom is 0.256 e. The van der Waals surface area contributed by atoms with E-state index in [1.54, 1.807) is 11.8 Å². The molecule has 4 heteroatoms. The van der Waals surface area contributed by atoms with Crippen molar-refractivity contribution in [3.63, 3.8) is 0 Å². The summed E-state index contributed by atoms with van der Waals surface area (Å²) in [6, 6.07) is 13.8. The van der Waals surface area contributed by atoms with Crippen LogP contribution in [0.3, 0.4) is 0 Å². The Morgan fingerprint density at radius 3 is 2.95 bits per heavy atom. The standard InChI is InChI=1S/C17H18N2OS/c1-21-16-7-3-2-6-14(16)17(20)19-13-9-8-12-5-4-10-18-15(12)11-13/h2-3,6-9,11,18H,4-5,10H2,1H3,(H,19,20). The fourth-order valence-electron chi connectivity index (χ4n) is 2.57. The highest BCUT2D eigenvalue weighted by atomic mass is 32.2. The molecule has 0 unspecified atom stereocenters. The third-order valence-electron chi connectivity index (χ3n) is 3.66. The average Bonchev–Trinajstić information content (AvgIpc) is 2.54. The number of hydrogen-bond acceptors (Lipinski definition) is 3. The first kappa shape index (κ1) is 14.0. The van der Waals surface area contributed by atoms with Gasteiger partial charge in [0.2, 0.25) is 0 Å². The topological polar surface area (TPSA) is 41.1 Å². The largest absolute Gasteiger partial charge is 0.385 e. The zero-order valence-corrected chi connectivity index (χ0v) is 12.8. The molecule has 108 valence electrons. The maximum absolute atomic E-state index is 12.4. The van der Waals surface area contributed by atoms with Crippen molar-refractivity contribution in [2.75, 3.05) is 23.4 Å². The van der Waals surface area contributed by atoms with Crippen molar-refractivity contribution < 1.29 is 4.79 Å². The Morgan fingerprint density at radius 2 is 2.10 bits per heavy atom. The van der Waals surface area contributed by atoms with Crippen LogP contribution in [0.1, 0.15) is 22.3 Å². The zero-order chi connectivity index (χ0) is 14.7. The molecule has 3 rings (SSSR count). The molecule has 1 aliphatic heterocycles. The van der Waals surface area contributed by atoms with E-state index < -0.39 is 0 Å². The summed E-state index contributed by atoms with van der Waals surface area (Å²) in [5.74, 6) is -0.0595. The van der Waals surface area contributed by atoms with Crippen LogP contribution < -0.4 is 10.6 Å². The highest BCUT2D eigenvalue weighted by molar-refractivity contribution is 7.98. The van der Waals surface area contributed by atoms with Crippen molar-refractivity contribution in [2.24, 2.45) is 0 Å². The van der Waals surface area contributed by atoms with Crippen molar-refractivity contribution in [3.05, 3.63) is 53.6 Å². The van der Waals surface area contributed by atoms with Gasteiger partial charge in [0.05, 0.1) is 5.56 Å². The first-order chi connectivity index (χ1) is 10.3. The van der Waals surface area contributed by atoms with Gasteiger partial charge in [0.1, 0.15) is 0 Å². The van der Waals surface area contributed by atoms with Crippen LogP contribution in [-0.2, 0) is 6.42 Å². The van der Waals surface area contributed by atoms with E-state index in [1.807, 2.05) is 42.7 Å². The second-order valence-corrected chi connectivity index (χ2v) is 5.90. The highest BCUT2D eigenvalue weighted by Crippen LogP contribution is 2.26. The van der Waals surface area contributed by atoms with Crippen LogP contribution in [0.15, 0.2) is 47.4 Å². The fourth-order valence-corrected chi connectivity index (χ4v) is 3.16. The minimum atomic E-state index is -0.0595. The van der Waals surface area contributed by atoms with Crippen LogP contribution in [0.2, 0.25) is 0 Å². The molecule has 3 nitrogen and oxygen atoms in total. The minimum Gasteiger partial charge on any atom is -0.385 e. The van der Waals surface area contributed by atoms with E-state index in [1.165, 1.54) is 12.0 Å². The van der Waals surface area contributed by atoms with Gasteiger partial charge in [0, 0.05) is 22.8 Å². The summed E-state index contributed by atoms with van der Waals surface area (Å²) in [5, 5.41) is 6.37. The highest BCUT2D eigenvalue weighted by Gasteiger charge is 2.13. The maximum atomic E-state index is 12.4. The minimum absolute atomic E-state index is 0.0595. The Morgan fingerprint density at radius 1 is 1.24 bits per heavy atom. The summed E-state index contributed by atoms with van der Waals surface area (Å²) >= 11 is 1.58. The predicted molar refractivity (Wildman–Crippen MR) is 89.4 cm³/mol. The van der Waals surface area contributed by atoms with E-state index in [-0.39, 0.29) is 5.91 Å². The van der Waals surface area contributed by atoms with Gasteiger partial charge in [-0.15, -0.1) is 11.8 Å². The molecule has 0 bridgehead atoms. The summed E-state index contributed by atoms with van der Waals surface area (Å²) in [6.07, 6.45) is 4.25. The van der Waals surface area contributed by atoms with E-state index in [2.05, 4.69) is 16.7 Å². The number of aryl methyl sites for hydroxylation is 1. The Hall–Kier alpha value is -1.94. The van der Waals surface area contributed by atoms with Gasteiger partial charge in [-0.25, -0.2) is 0 Å². The lowest BCUT2D eigenvalue weighted by atomic mass is 10.0. The molecule has 0 aliphatic carbocycles. The van der Waals surface area contributed by atoms with Gasteiger partial charge in [-0.3, -0.25) is 4.79 Å². The van der Waals surface area contributed by atoms with Gasteiger partial charge in [0.15, 0.2) is 0 Å². The third-order valence-corrected chi connectivity index (χ3v) is 4.45. The van der Waals surface area contributed by atoms with Crippen molar-refractivity contribution in [1.29, 1.82) is 0 Å². The molecule has 2 N–H and O–H groups in total. The molecular weight excluding hydrogens is 280 g/mol. The Labute approximate surface area is 129 Å². The van der Waals surface area contributed by atoms with Gasteiger partial charge >= 0.3 is 0 Å². The first-order valence-electron chi connectivity index (χ1n) is 7.09. The van der Waals surface area contributed by atoms with Crippen LogP contribution in [0, 0.1) is 0 Å². The number of nitrogens with one attached hydrogen (secondary N) is 2. The fraction of sp³-hybridized carbons (Fsp3) is 0.235. The van der Waals surface area contributed by atoms with Gasteiger partial charge in [-0.1, -0.05) is 18.2 Å². The summed E-state index contributed by atoms with van der Waals surface area (Å²) in [6.45, 7) is 1.000. The molecule has 0 saturated carbocycles. The lowest BCUT2D eigenvalue weighted by Gasteiger charge is -2.19. The van der Waals surface area contributed by atoms with Crippen molar-refractivity contribution >= 4 is 29.0 Å². The molecule has 2 aromatic rings. The first-order valence-corrected chi connectivity index (χ1v) is 8.31. The second-order valence-electron chi connectivity index (χ2n) is 5.06. The third kappa shape index (κ3) is 3.05. The number of anilines is 2. The second kappa shape index (κ2) is 6.22. The molecule has 0 radical (unpaired) electrons. The van der Waals surface area contributed by atoms with E-state index in [4.69, 9.17) is 0 Å². The van der Waals surface area contributed by atoms with E-state index in [9.17, 15) is 4.79 Å². The van der Waals surface area contributed by atoms with E-state index >= 15 is 0 Å². The lowest BCUT2D eigenvalue weighted by Crippen LogP contribution is -2.15. The van der Waals surface area contributed by atoms with Crippen molar-refractivity contribution in [1.82, 2.24) is 0 Å². The number of hydrogen-bond donors (Lipinski definition) is 2. The molecule has 0 saturated heterocycles. The van der Waals surface area contributed by atoms with Crippen LogP contribution in [-0.4, -0.2) is 18.7 Å². The number of rotatable bonds is 3. The Kier molecular flexibility index (Phi) is 4.15. The van der Waals surface area contributed by atoms with Crippen LogP contribution in [0.5, 0.6) is 0 Å². The summed E-state index contributed by atoms with van der Waals surface area (Å²) in [5.41, 5.74) is 4.01. The summed E-state index contributed by atoms with van der Waals surface area (Å²) < 4.78 is 0. The van der Waals surface area contributed by atoms with Crippen molar-refractivity contribution in [3.8, 4) is 0 Å². The number of carbonyl (C=O) groups excluding carboxylic acids is 1. The van der Waals surface area contributed by atoms with Crippen molar-refractivity contribution in [2.45, 2.75) is 17.7 Å². The van der Waals surface area contributed by atoms with Gasteiger partial charge in [0.25, 0.3) is 5.91 Å². The van der Waals surface area contributed by atoms with E-state index in [0.29, 0.717) is 0 Å². The number of benzene rings is 2. The predicted octanol–water partition coefficient (Wildman–Crippen LogP) is 4.02. The average molecular weight is 298 g/mol. The van der Waals surface area contributed by atoms with Crippen LogP contribution in [0.25, 0.3) is 0 Å². The summed E-state index contributed by atoms with van der Waals surface area (Å²) in [7, 11) is 0. The molecule has 0 spiro atoms. The smallest absolute Gasteiger partial charge is 0.256 e. The Bertz CT molecular complexity index is 670. The normalized spacial score (nSPS) is 13.2. The zero-order valence-electron chi connectivity index (χ0n) is 12.0. The molecule has 2 aromatic carbocycles. The number of amides is 1. The van der Waals surface area contributed by atoms with Gasteiger partial charge in [-0.2, -0.15) is 0 Å². The molecular formula is C17H18N2OS. The van der Waals surface area contributed by atoms with Gasteiger partial charge in [-0.05, 0) is 48.9 Å². The van der Waals surface area contributed by atoms with E-state index in [0.717, 1.165) is 34.8 Å². The SMILES string of the molecule is CSc1ccccc1C(=O)Nc1ccc2c(c1)NCCC2. The monoisotopic (exact) mass is 298 g/mol. The quantitative estimate of drug-likeness (QED) is 0.841. The van der Waals surface area contributed by atoms with Gasteiger partial charge < -0.3 is 10.6 Å². The molecule has 21 heavy (non-hydrogen) atoms. The molecule has 1 amide bonds. The van der Waals surface area contributed by atoms with Crippen LogP contribution in [0.4, 0.5) is 11.4 Å².